The van der Waals surface area contributed by atoms with Crippen molar-refractivity contribution in [2.45, 2.75) is 63.8 Å². The molecule has 0 saturated carbocycles. The molecule has 2 aromatic heterocycles. The van der Waals surface area contributed by atoms with E-state index in [1.807, 2.05) is 18.7 Å². The van der Waals surface area contributed by atoms with Gasteiger partial charge in [0.15, 0.2) is 5.82 Å². The van der Waals surface area contributed by atoms with Crippen molar-refractivity contribution in [3.05, 3.63) is 47.7 Å². The number of hydrogen-bond donors (Lipinski definition) is 2. The number of aromatic hydroxyl groups is 1. The Labute approximate surface area is 253 Å². The number of anilines is 1. The third-order valence-electron chi connectivity index (χ3n) is 9.85. The summed E-state index contributed by atoms with van der Waals surface area (Å²) in [7, 11) is 0. The lowest BCUT2D eigenvalue weighted by Gasteiger charge is -2.35. The number of β-amino-alcohol motifs (C(OH)–C–C–N with tert-alkyl or cyclic N) is 1. The number of phenols is 1. The lowest BCUT2D eigenvalue weighted by molar-refractivity contribution is 0.101. The maximum Gasteiger partial charge on any atom is 0.319 e. The summed E-state index contributed by atoms with van der Waals surface area (Å²) in [5, 5.41) is 22.6. The summed E-state index contributed by atoms with van der Waals surface area (Å²) in [5.41, 5.74) is 0.0761. The van der Waals surface area contributed by atoms with Gasteiger partial charge in [0.25, 0.3) is 0 Å². The minimum atomic E-state index is -0.926. The van der Waals surface area contributed by atoms with E-state index in [4.69, 9.17) is 9.72 Å². The molecular weight excluding hydrogens is 571 g/mol. The first-order valence-electron chi connectivity index (χ1n) is 15.4. The van der Waals surface area contributed by atoms with E-state index in [0.717, 1.165) is 19.4 Å². The van der Waals surface area contributed by atoms with Crippen molar-refractivity contribution in [2.24, 2.45) is 5.92 Å². The zero-order valence-electron chi connectivity index (χ0n) is 24.9. The number of rotatable bonds is 6. The fourth-order valence-corrected chi connectivity index (χ4v) is 7.44. The van der Waals surface area contributed by atoms with Crippen LogP contribution in [0.15, 0.2) is 30.5 Å². The molecule has 8 nitrogen and oxygen atoms in total. The molecule has 11 heteroatoms. The van der Waals surface area contributed by atoms with E-state index in [1.165, 1.54) is 24.4 Å². The first-order valence-corrected chi connectivity index (χ1v) is 15.4. The van der Waals surface area contributed by atoms with Crippen LogP contribution in [0.25, 0.3) is 32.9 Å². The molecule has 2 aromatic carbocycles. The van der Waals surface area contributed by atoms with Gasteiger partial charge in [-0.3, -0.25) is 9.88 Å². The van der Waals surface area contributed by atoms with Gasteiger partial charge in [-0.25, -0.2) is 13.2 Å². The minimum Gasteiger partial charge on any atom is -0.508 e. The van der Waals surface area contributed by atoms with Crippen molar-refractivity contribution >= 4 is 27.5 Å². The Morgan fingerprint density at radius 3 is 2.77 bits per heavy atom. The Hall–Kier alpha value is -3.70. The van der Waals surface area contributed by atoms with Crippen molar-refractivity contribution < 1.29 is 28.1 Å². The third-order valence-corrected chi connectivity index (χ3v) is 9.85. The molecule has 0 bridgehead atoms. The average Bonchev–Trinajstić information content (AvgIpc) is 3.53. The normalized spacial score (nSPS) is 25.7. The van der Waals surface area contributed by atoms with Gasteiger partial charge in [-0.1, -0.05) is 19.9 Å². The van der Waals surface area contributed by atoms with Crippen LogP contribution in [0, 0.1) is 17.6 Å². The number of benzene rings is 2. The van der Waals surface area contributed by atoms with E-state index in [9.17, 15) is 19.0 Å². The SMILES string of the molecule is CCc1c(F)ccc2cc(O)cc(-c3ncc4c(N5CC[C@H](C)[C@@H](O)C5)nc(OC[C@@]56CCCN5C[C@H](F)C6)nc4c3F)c12. The molecule has 3 fully saturated rings. The van der Waals surface area contributed by atoms with Crippen LogP contribution >= 0.6 is 0 Å². The van der Waals surface area contributed by atoms with E-state index in [-0.39, 0.29) is 41.1 Å². The first kappa shape index (κ1) is 29.0. The van der Waals surface area contributed by atoms with Gasteiger partial charge in [-0.05, 0) is 72.7 Å². The highest BCUT2D eigenvalue weighted by Gasteiger charge is 2.49. The number of pyridine rings is 1. The standard InChI is InChI=1S/C33H36F3N5O3/c1-3-22-25(35)6-5-19-11-21(42)12-23(27(19)22)29-28(36)30-24(14-37-29)31(40-10-7-18(2)26(43)16-40)39-32(38-30)44-17-33-8-4-9-41(33)15-20(34)13-33/h5-6,11-12,14,18,20,26,42-43H,3-4,7-10,13,15-17H2,1-2H3/t18-,20+,26-,33-/m0/s1. The molecule has 4 atom stereocenters. The highest BCUT2D eigenvalue weighted by atomic mass is 19.1. The largest absolute Gasteiger partial charge is 0.508 e. The maximum atomic E-state index is 16.7. The molecule has 3 aliphatic rings. The molecule has 0 unspecified atom stereocenters. The van der Waals surface area contributed by atoms with E-state index < -0.39 is 29.4 Å². The first-order chi connectivity index (χ1) is 21.2. The second-order valence-corrected chi connectivity index (χ2v) is 12.6. The maximum absolute atomic E-state index is 16.7. The fourth-order valence-electron chi connectivity index (χ4n) is 7.44. The number of hydrogen-bond acceptors (Lipinski definition) is 8. The van der Waals surface area contributed by atoms with E-state index in [1.54, 1.807) is 6.07 Å². The quantitative estimate of drug-likeness (QED) is 0.295. The number of ether oxygens (including phenoxy) is 1. The number of piperidine rings is 1. The number of nitrogens with zero attached hydrogens (tertiary/aromatic N) is 5. The summed E-state index contributed by atoms with van der Waals surface area (Å²) in [6, 6.07) is 5.76. The molecule has 5 heterocycles. The minimum absolute atomic E-state index is 0.0374. The number of alkyl halides is 1. The molecule has 4 aromatic rings. The summed E-state index contributed by atoms with van der Waals surface area (Å²) in [6.45, 7) is 6.04. The van der Waals surface area contributed by atoms with Crippen LogP contribution in [0.5, 0.6) is 11.8 Å². The zero-order chi connectivity index (χ0) is 30.7. The van der Waals surface area contributed by atoms with Crippen molar-refractivity contribution in [2.75, 3.05) is 37.7 Å². The molecular formula is C33H36F3N5O3. The van der Waals surface area contributed by atoms with E-state index in [0.29, 0.717) is 66.4 Å². The predicted molar refractivity (Wildman–Crippen MR) is 162 cm³/mol. The van der Waals surface area contributed by atoms with Crippen molar-refractivity contribution in [1.29, 1.82) is 0 Å². The lowest BCUT2D eigenvalue weighted by atomic mass is 9.94. The van der Waals surface area contributed by atoms with Gasteiger partial charge in [0.05, 0.1) is 17.0 Å². The summed E-state index contributed by atoms with van der Waals surface area (Å²) in [4.78, 5) is 17.7. The van der Waals surface area contributed by atoms with Gasteiger partial charge < -0.3 is 19.8 Å². The molecule has 0 aliphatic carbocycles. The third kappa shape index (κ3) is 4.81. The van der Waals surface area contributed by atoms with Crippen LogP contribution < -0.4 is 9.64 Å². The Kier molecular flexibility index (Phi) is 7.28. The molecule has 0 amide bonds. The Bertz CT molecular complexity index is 1760. The van der Waals surface area contributed by atoms with E-state index in [2.05, 4.69) is 14.9 Å². The van der Waals surface area contributed by atoms with Crippen LogP contribution in [0.3, 0.4) is 0 Å². The molecule has 2 N–H and O–H groups in total. The molecule has 7 rings (SSSR count). The van der Waals surface area contributed by atoms with Gasteiger partial charge >= 0.3 is 6.01 Å². The molecule has 3 saturated heterocycles. The van der Waals surface area contributed by atoms with Gasteiger partial charge in [-0.15, -0.1) is 0 Å². The average molecular weight is 608 g/mol. The highest BCUT2D eigenvalue weighted by Crippen LogP contribution is 2.42. The topological polar surface area (TPSA) is 94.8 Å². The Morgan fingerprint density at radius 1 is 1.14 bits per heavy atom. The number of fused-ring (bicyclic) bond motifs is 3. The summed E-state index contributed by atoms with van der Waals surface area (Å²) < 4.78 is 52.2. The van der Waals surface area contributed by atoms with Crippen molar-refractivity contribution in [3.8, 4) is 23.0 Å². The molecule has 0 spiro atoms. The summed E-state index contributed by atoms with van der Waals surface area (Å²) in [6.07, 6.45) is 3.15. The molecule has 232 valence electrons. The van der Waals surface area contributed by atoms with Gasteiger partial charge in [-0.2, -0.15) is 9.97 Å². The lowest BCUT2D eigenvalue weighted by Crippen LogP contribution is -2.44. The Balaban J connectivity index is 1.37. The highest BCUT2D eigenvalue weighted by molar-refractivity contribution is 6.01. The number of aliphatic hydroxyl groups is 1. The zero-order valence-corrected chi connectivity index (χ0v) is 24.9. The van der Waals surface area contributed by atoms with Gasteiger partial charge in [0.2, 0.25) is 0 Å². The van der Waals surface area contributed by atoms with Gasteiger partial charge in [0, 0.05) is 37.8 Å². The number of phenolic OH excluding ortho intramolecular Hbond substituents is 1. The van der Waals surface area contributed by atoms with Crippen molar-refractivity contribution in [1.82, 2.24) is 19.9 Å². The second-order valence-electron chi connectivity index (χ2n) is 12.6. The number of aryl methyl sites for hydroxylation is 1. The van der Waals surface area contributed by atoms with Crippen LogP contribution in [0.1, 0.15) is 45.1 Å². The Morgan fingerprint density at radius 2 is 1.98 bits per heavy atom. The van der Waals surface area contributed by atoms with Crippen LogP contribution in [0.2, 0.25) is 0 Å². The molecule has 44 heavy (non-hydrogen) atoms. The number of aliphatic hydroxyl groups excluding tert-OH is 1. The summed E-state index contributed by atoms with van der Waals surface area (Å²) >= 11 is 0. The second kappa shape index (κ2) is 11.0. The monoisotopic (exact) mass is 607 g/mol. The van der Waals surface area contributed by atoms with E-state index >= 15 is 4.39 Å². The van der Waals surface area contributed by atoms with Crippen molar-refractivity contribution in [3.63, 3.8) is 0 Å². The van der Waals surface area contributed by atoms with Gasteiger partial charge in [0.1, 0.15) is 41.4 Å². The molecule has 3 aliphatic heterocycles. The van der Waals surface area contributed by atoms with Crippen LogP contribution in [-0.4, -0.2) is 80.7 Å². The number of aromatic nitrogens is 3. The number of halogens is 3. The van der Waals surface area contributed by atoms with Crippen LogP contribution in [0.4, 0.5) is 19.0 Å². The summed E-state index contributed by atoms with van der Waals surface area (Å²) in [5.74, 6) is -0.785. The predicted octanol–water partition coefficient (Wildman–Crippen LogP) is 5.55. The smallest absolute Gasteiger partial charge is 0.319 e. The molecule has 0 radical (unpaired) electrons. The fraction of sp³-hybridized carbons (Fsp3) is 0.485. The van der Waals surface area contributed by atoms with Crippen LogP contribution in [-0.2, 0) is 6.42 Å².